The number of hydrogen-bond acceptors (Lipinski definition) is 3. The van der Waals surface area contributed by atoms with Gasteiger partial charge in [0, 0.05) is 36.7 Å². The molecule has 2 heterocycles. The molecule has 4 rings (SSSR count). The number of hydrogen-bond donors (Lipinski definition) is 0. The number of nitrogens with zero attached hydrogens (tertiary/aromatic N) is 2. The smallest absolute Gasteiger partial charge is 0.227 e. The maximum Gasteiger partial charge on any atom is 0.227 e. The van der Waals surface area contributed by atoms with Crippen molar-refractivity contribution in [2.45, 2.75) is 30.2 Å². The molecule has 0 radical (unpaired) electrons. The SMILES string of the molecule is Cn1cc(CC(=O)N2CCCC2CS(=O)(=O)c2ccccc2)c2ccccc21. The van der Waals surface area contributed by atoms with E-state index in [0.29, 0.717) is 17.9 Å². The zero-order valence-corrected chi connectivity index (χ0v) is 16.7. The second kappa shape index (κ2) is 7.43. The van der Waals surface area contributed by atoms with E-state index >= 15 is 0 Å². The highest BCUT2D eigenvalue weighted by atomic mass is 32.2. The lowest BCUT2D eigenvalue weighted by molar-refractivity contribution is -0.130. The number of aromatic nitrogens is 1. The molecule has 1 fully saturated rings. The quantitative estimate of drug-likeness (QED) is 0.665. The van der Waals surface area contributed by atoms with Gasteiger partial charge in [0.25, 0.3) is 0 Å². The summed E-state index contributed by atoms with van der Waals surface area (Å²) in [5.41, 5.74) is 2.08. The standard InChI is InChI=1S/C22H24N2O3S/c1-23-15-17(20-11-5-6-12-21(20)23)14-22(25)24-13-7-8-18(24)16-28(26,27)19-9-3-2-4-10-19/h2-6,9-12,15,18H,7-8,13-14,16H2,1H3. The summed E-state index contributed by atoms with van der Waals surface area (Å²) in [6.07, 6.45) is 3.86. The predicted molar refractivity (Wildman–Crippen MR) is 110 cm³/mol. The average molecular weight is 397 g/mol. The number of benzene rings is 2. The van der Waals surface area contributed by atoms with Crippen LogP contribution in [0.2, 0.25) is 0 Å². The van der Waals surface area contributed by atoms with Crippen LogP contribution in [0.3, 0.4) is 0 Å². The van der Waals surface area contributed by atoms with Crippen LogP contribution in [0, 0.1) is 0 Å². The van der Waals surface area contributed by atoms with E-state index in [-0.39, 0.29) is 17.7 Å². The van der Waals surface area contributed by atoms with Crippen LogP contribution in [0.25, 0.3) is 10.9 Å². The van der Waals surface area contributed by atoms with Crippen LogP contribution in [0.15, 0.2) is 65.7 Å². The fraction of sp³-hybridized carbons (Fsp3) is 0.318. The number of carbonyl (C=O) groups is 1. The number of sulfone groups is 1. The van der Waals surface area contributed by atoms with Gasteiger partial charge in [-0.3, -0.25) is 4.79 Å². The molecule has 6 heteroatoms. The highest BCUT2D eigenvalue weighted by Crippen LogP contribution is 2.25. The average Bonchev–Trinajstić information content (AvgIpc) is 3.27. The molecule has 5 nitrogen and oxygen atoms in total. The first kappa shape index (κ1) is 18.7. The number of para-hydroxylation sites is 1. The van der Waals surface area contributed by atoms with Crippen LogP contribution < -0.4 is 0 Å². The van der Waals surface area contributed by atoms with Crippen molar-refractivity contribution in [3.63, 3.8) is 0 Å². The highest BCUT2D eigenvalue weighted by Gasteiger charge is 2.33. The fourth-order valence-electron chi connectivity index (χ4n) is 4.15. The fourth-order valence-corrected chi connectivity index (χ4v) is 5.76. The highest BCUT2D eigenvalue weighted by molar-refractivity contribution is 7.91. The van der Waals surface area contributed by atoms with E-state index < -0.39 is 9.84 Å². The Morgan fingerprint density at radius 3 is 2.57 bits per heavy atom. The minimum atomic E-state index is -3.41. The van der Waals surface area contributed by atoms with Crippen molar-refractivity contribution in [3.8, 4) is 0 Å². The van der Waals surface area contributed by atoms with Crippen LogP contribution in [0.4, 0.5) is 0 Å². The molecule has 0 spiro atoms. The van der Waals surface area contributed by atoms with Crippen molar-refractivity contribution < 1.29 is 13.2 Å². The van der Waals surface area contributed by atoms with E-state index in [4.69, 9.17) is 0 Å². The molecular weight excluding hydrogens is 372 g/mol. The van der Waals surface area contributed by atoms with Crippen molar-refractivity contribution in [2.24, 2.45) is 7.05 Å². The summed E-state index contributed by atoms with van der Waals surface area (Å²) in [6.45, 7) is 0.624. The number of aryl methyl sites for hydroxylation is 1. The number of amides is 1. The summed E-state index contributed by atoms with van der Waals surface area (Å²) in [4.78, 5) is 15.1. The van der Waals surface area contributed by atoms with Gasteiger partial charge in [-0.15, -0.1) is 0 Å². The molecule has 0 saturated carbocycles. The second-order valence-electron chi connectivity index (χ2n) is 7.44. The maximum atomic E-state index is 13.0. The van der Waals surface area contributed by atoms with E-state index in [1.165, 1.54) is 0 Å². The van der Waals surface area contributed by atoms with Crippen LogP contribution in [0.5, 0.6) is 0 Å². The summed E-state index contributed by atoms with van der Waals surface area (Å²) in [5.74, 6) is -0.0136. The first-order valence-corrected chi connectivity index (χ1v) is 11.2. The molecule has 1 unspecified atom stereocenters. The lowest BCUT2D eigenvalue weighted by Gasteiger charge is -2.24. The summed E-state index contributed by atoms with van der Waals surface area (Å²) in [6, 6.07) is 16.3. The van der Waals surface area contributed by atoms with Crippen molar-refractivity contribution in [3.05, 3.63) is 66.4 Å². The molecule has 2 aromatic carbocycles. The Bertz CT molecular complexity index is 1100. The van der Waals surface area contributed by atoms with E-state index in [1.807, 2.05) is 42.1 Å². The summed E-state index contributed by atoms with van der Waals surface area (Å²) >= 11 is 0. The van der Waals surface area contributed by atoms with Gasteiger partial charge in [-0.05, 0) is 36.6 Å². The van der Waals surface area contributed by atoms with Gasteiger partial charge < -0.3 is 9.47 Å². The Hall–Kier alpha value is -2.60. The van der Waals surface area contributed by atoms with Crippen molar-refractivity contribution in [1.82, 2.24) is 9.47 Å². The monoisotopic (exact) mass is 396 g/mol. The van der Waals surface area contributed by atoms with E-state index in [0.717, 1.165) is 29.3 Å². The summed E-state index contributed by atoms with van der Waals surface area (Å²) in [7, 11) is -1.44. The molecule has 1 aromatic heterocycles. The normalized spacial score (nSPS) is 17.3. The Morgan fingerprint density at radius 1 is 1.07 bits per heavy atom. The first-order chi connectivity index (χ1) is 13.5. The minimum Gasteiger partial charge on any atom is -0.350 e. The van der Waals surface area contributed by atoms with Gasteiger partial charge in [0.2, 0.25) is 5.91 Å². The molecule has 146 valence electrons. The molecule has 28 heavy (non-hydrogen) atoms. The van der Waals surface area contributed by atoms with Crippen molar-refractivity contribution >= 4 is 26.6 Å². The molecule has 0 N–H and O–H groups in total. The molecule has 1 atom stereocenters. The molecule has 1 aliphatic rings. The van der Waals surface area contributed by atoms with Crippen LogP contribution in [-0.2, 0) is 28.1 Å². The lowest BCUT2D eigenvalue weighted by atomic mass is 10.1. The topological polar surface area (TPSA) is 59.4 Å². The van der Waals surface area contributed by atoms with Crippen molar-refractivity contribution in [2.75, 3.05) is 12.3 Å². The maximum absolute atomic E-state index is 13.0. The molecular formula is C22H24N2O3S. The zero-order valence-electron chi connectivity index (χ0n) is 15.9. The number of rotatable bonds is 5. The van der Waals surface area contributed by atoms with Gasteiger partial charge >= 0.3 is 0 Å². The number of carbonyl (C=O) groups excluding carboxylic acids is 1. The molecule has 3 aromatic rings. The molecule has 0 aliphatic carbocycles. The summed E-state index contributed by atoms with van der Waals surface area (Å²) in [5, 5.41) is 1.08. The Morgan fingerprint density at radius 2 is 1.79 bits per heavy atom. The molecule has 1 amide bonds. The van der Waals surface area contributed by atoms with Gasteiger partial charge in [0.05, 0.1) is 17.1 Å². The third-order valence-corrected chi connectivity index (χ3v) is 7.35. The summed E-state index contributed by atoms with van der Waals surface area (Å²) < 4.78 is 27.5. The zero-order chi connectivity index (χ0) is 19.7. The first-order valence-electron chi connectivity index (χ1n) is 9.56. The van der Waals surface area contributed by atoms with Gasteiger partial charge in [-0.2, -0.15) is 0 Å². The minimum absolute atomic E-state index is 0.00196. The van der Waals surface area contributed by atoms with Crippen LogP contribution >= 0.6 is 0 Å². The predicted octanol–water partition coefficient (Wildman–Crippen LogP) is 3.19. The van der Waals surface area contributed by atoms with E-state index in [2.05, 4.69) is 0 Å². The third-order valence-electron chi connectivity index (χ3n) is 5.53. The van der Waals surface area contributed by atoms with E-state index in [1.54, 1.807) is 35.2 Å². The number of likely N-dealkylation sites (tertiary alicyclic amines) is 1. The van der Waals surface area contributed by atoms with E-state index in [9.17, 15) is 13.2 Å². The van der Waals surface area contributed by atoms with Gasteiger partial charge in [-0.1, -0.05) is 36.4 Å². The van der Waals surface area contributed by atoms with Crippen LogP contribution in [0.1, 0.15) is 18.4 Å². The van der Waals surface area contributed by atoms with Gasteiger partial charge in [0.15, 0.2) is 9.84 Å². The van der Waals surface area contributed by atoms with Gasteiger partial charge in [0.1, 0.15) is 0 Å². The largest absolute Gasteiger partial charge is 0.350 e. The second-order valence-corrected chi connectivity index (χ2v) is 9.47. The molecule has 1 saturated heterocycles. The Kier molecular flexibility index (Phi) is 4.98. The third kappa shape index (κ3) is 3.56. The van der Waals surface area contributed by atoms with Gasteiger partial charge in [-0.25, -0.2) is 8.42 Å². The number of fused-ring (bicyclic) bond motifs is 1. The Labute approximate surface area is 165 Å². The molecule has 0 bridgehead atoms. The Balaban J connectivity index is 1.52. The lowest BCUT2D eigenvalue weighted by Crippen LogP contribution is -2.40. The molecule has 1 aliphatic heterocycles. The van der Waals surface area contributed by atoms with Crippen molar-refractivity contribution in [1.29, 1.82) is 0 Å². The van der Waals surface area contributed by atoms with Crippen LogP contribution in [-0.4, -0.2) is 42.1 Å².